The van der Waals surface area contributed by atoms with E-state index in [4.69, 9.17) is 4.42 Å². The van der Waals surface area contributed by atoms with Gasteiger partial charge in [-0.1, -0.05) is 224 Å². The normalized spacial score (nSPS) is 11.5. The lowest BCUT2D eigenvalue weighted by Crippen LogP contribution is -2.09. The Hall–Kier alpha value is -10.7. The molecule has 0 amide bonds. The molecule has 0 unspecified atom stereocenters. The predicted octanol–water partition coefficient (Wildman–Crippen LogP) is 21.8. The second-order valence-corrected chi connectivity index (χ2v) is 20.9. The van der Waals surface area contributed by atoms with Crippen LogP contribution in [0.1, 0.15) is 0 Å². The van der Waals surface area contributed by atoms with Crippen LogP contribution in [0.4, 0.5) is 17.1 Å². The molecule has 3 nitrogen and oxygen atoms in total. The predicted molar refractivity (Wildman–Crippen MR) is 341 cm³/mol. The third-order valence-corrected chi connectivity index (χ3v) is 16.1. The lowest BCUT2D eigenvalue weighted by Gasteiger charge is -2.26. The average Bonchev–Trinajstić information content (AvgIpc) is 4.21. The van der Waals surface area contributed by atoms with Crippen LogP contribution in [0.2, 0.25) is 0 Å². The standard InChI is InChI=1S/C78H52N2O/c1-4-12-53(13-5-1)55-20-24-57(25-21-55)59-32-41-68(42-33-59)79(69-43-34-60(35-44-69)58-26-22-56(23-27-58)54-14-6-2-7-15-54)70-45-36-63(37-46-70)66-40-49-78-74(52-66)73-51-65(39-48-77(73)81-78)62-30-28-61(29-31-62)64-38-47-76-72(50-64)71-18-10-11-19-75(71)80(76)67-16-8-3-9-17-67/h1-52H. The van der Waals surface area contributed by atoms with Crippen molar-refractivity contribution in [2.75, 3.05) is 4.90 Å². The topological polar surface area (TPSA) is 21.3 Å². The molecule has 0 aliphatic carbocycles. The average molecular weight is 1030 g/mol. The van der Waals surface area contributed by atoms with E-state index >= 15 is 0 Å². The van der Waals surface area contributed by atoms with Crippen molar-refractivity contribution in [3.05, 3.63) is 315 Å². The highest BCUT2D eigenvalue weighted by molar-refractivity contribution is 6.11. The van der Waals surface area contributed by atoms with Gasteiger partial charge in [0.1, 0.15) is 11.2 Å². The van der Waals surface area contributed by atoms with Crippen molar-refractivity contribution in [3.63, 3.8) is 0 Å². The summed E-state index contributed by atoms with van der Waals surface area (Å²) in [7, 11) is 0. The lowest BCUT2D eigenvalue weighted by atomic mass is 9.97. The van der Waals surface area contributed by atoms with Gasteiger partial charge in [-0.15, -0.1) is 0 Å². The van der Waals surface area contributed by atoms with Crippen molar-refractivity contribution < 1.29 is 4.42 Å². The monoisotopic (exact) mass is 1030 g/mol. The van der Waals surface area contributed by atoms with E-state index in [1.54, 1.807) is 0 Å². The molecule has 13 aromatic carbocycles. The van der Waals surface area contributed by atoms with E-state index in [-0.39, 0.29) is 0 Å². The van der Waals surface area contributed by atoms with Gasteiger partial charge in [0.2, 0.25) is 0 Å². The molecule has 380 valence electrons. The summed E-state index contributed by atoms with van der Waals surface area (Å²) in [5.74, 6) is 0. The van der Waals surface area contributed by atoms with E-state index < -0.39 is 0 Å². The molecule has 3 heteroatoms. The molecule has 0 N–H and O–H groups in total. The number of aromatic nitrogens is 1. The number of benzene rings is 13. The number of para-hydroxylation sites is 2. The maximum atomic E-state index is 6.47. The van der Waals surface area contributed by atoms with Gasteiger partial charge >= 0.3 is 0 Å². The molecule has 0 fully saturated rings. The van der Waals surface area contributed by atoms with Gasteiger partial charge in [0.25, 0.3) is 0 Å². The van der Waals surface area contributed by atoms with Crippen molar-refractivity contribution in [1.29, 1.82) is 0 Å². The van der Waals surface area contributed by atoms with Crippen molar-refractivity contribution >= 4 is 60.8 Å². The van der Waals surface area contributed by atoms with E-state index in [1.165, 1.54) is 77.4 Å². The number of hydrogen-bond donors (Lipinski definition) is 0. The Morgan fingerprint density at radius 3 is 0.901 bits per heavy atom. The third kappa shape index (κ3) is 8.94. The van der Waals surface area contributed by atoms with E-state index in [1.807, 2.05) is 0 Å². The van der Waals surface area contributed by atoms with Gasteiger partial charge in [-0.05, 0) is 169 Å². The molecule has 15 rings (SSSR count). The number of nitrogens with zero attached hydrogens (tertiary/aromatic N) is 2. The van der Waals surface area contributed by atoms with Gasteiger partial charge in [0.15, 0.2) is 0 Å². The summed E-state index contributed by atoms with van der Waals surface area (Å²) in [5, 5.41) is 4.69. The summed E-state index contributed by atoms with van der Waals surface area (Å²) in [6.45, 7) is 0. The maximum Gasteiger partial charge on any atom is 0.135 e. The van der Waals surface area contributed by atoms with Gasteiger partial charge in [0, 0.05) is 44.3 Å². The van der Waals surface area contributed by atoms with Crippen molar-refractivity contribution in [1.82, 2.24) is 4.57 Å². The second-order valence-electron chi connectivity index (χ2n) is 20.9. The highest BCUT2D eigenvalue weighted by Gasteiger charge is 2.17. The van der Waals surface area contributed by atoms with Crippen LogP contribution >= 0.6 is 0 Å². The number of hydrogen-bond acceptors (Lipinski definition) is 2. The summed E-state index contributed by atoms with van der Waals surface area (Å²) < 4.78 is 8.83. The minimum absolute atomic E-state index is 0.874. The van der Waals surface area contributed by atoms with E-state index in [0.29, 0.717) is 0 Å². The first-order chi connectivity index (χ1) is 40.1. The number of anilines is 3. The zero-order valence-electron chi connectivity index (χ0n) is 44.3. The van der Waals surface area contributed by atoms with Gasteiger partial charge in [0.05, 0.1) is 11.0 Å². The first kappa shape index (κ1) is 47.5. The first-order valence-corrected chi connectivity index (χ1v) is 27.7. The minimum atomic E-state index is 0.874. The van der Waals surface area contributed by atoms with Gasteiger partial charge in [-0.25, -0.2) is 0 Å². The summed E-state index contributed by atoms with van der Waals surface area (Å²) in [6, 6.07) is 114. The fourth-order valence-corrected chi connectivity index (χ4v) is 11.8. The fourth-order valence-electron chi connectivity index (χ4n) is 11.8. The Kier molecular flexibility index (Phi) is 11.9. The van der Waals surface area contributed by atoms with E-state index in [0.717, 1.165) is 66.9 Å². The molecular weight excluding hydrogens is 981 g/mol. The van der Waals surface area contributed by atoms with Crippen LogP contribution in [0, 0.1) is 0 Å². The maximum absolute atomic E-state index is 6.47. The zero-order chi connectivity index (χ0) is 53.6. The molecule has 15 aromatic rings. The zero-order valence-corrected chi connectivity index (χ0v) is 44.3. The van der Waals surface area contributed by atoms with Gasteiger partial charge in [-0.2, -0.15) is 0 Å². The Labute approximate surface area is 471 Å². The summed E-state index contributed by atoms with van der Waals surface area (Å²) in [4.78, 5) is 2.35. The highest BCUT2D eigenvalue weighted by Crippen LogP contribution is 2.41. The minimum Gasteiger partial charge on any atom is -0.456 e. The SMILES string of the molecule is c1ccc(-c2ccc(-c3ccc(N(c4ccc(-c5ccc(-c6ccccc6)cc5)cc4)c4ccc(-c5ccc6oc7ccc(-c8ccc(-c9ccc%10c(c9)c9ccccc9n%10-c9ccccc9)cc8)cc7c6c5)cc4)cc3)cc2)cc1. The molecule has 0 spiro atoms. The van der Waals surface area contributed by atoms with Crippen LogP contribution < -0.4 is 4.90 Å². The molecular formula is C78H52N2O. The smallest absolute Gasteiger partial charge is 0.135 e. The summed E-state index contributed by atoms with van der Waals surface area (Å²) >= 11 is 0. The van der Waals surface area contributed by atoms with Gasteiger partial charge < -0.3 is 13.9 Å². The van der Waals surface area contributed by atoms with Crippen LogP contribution in [-0.4, -0.2) is 4.57 Å². The molecule has 0 saturated carbocycles. The van der Waals surface area contributed by atoms with Crippen LogP contribution in [0.15, 0.2) is 320 Å². The van der Waals surface area contributed by atoms with Crippen LogP contribution in [-0.2, 0) is 0 Å². The number of fused-ring (bicyclic) bond motifs is 6. The molecule has 0 bridgehead atoms. The van der Waals surface area contributed by atoms with E-state index in [9.17, 15) is 0 Å². The van der Waals surface area contributed by atoms with Crippen molar-refractivity contribution in [2.45, 2.75) is 0 Å². The quantitative estimate of drug-likeness (QED) is 0.129. The molecule has 81 heavy (non-hydrogen) atoms. The molecule has 2 heterocycles. The largest absolute Gasteiger partial charge is 0.456 e. The number of rotatable bonds is 11. The van der Waals surface area contributed by atoms with Crippen molar-refractivity contribution in [3.8, 4) is 83.6 Å². The van der Waals surface area contributed by atoms with E-state index in [2.05, 4.69) is 325 Å². The highest BCUT2D eigenvalue weighted by atomic mass is 16.3. The molecule has 0 radical (unpaired) electrons. The Bertz CT molecular complexity index is 4590. The molecule has 2 aromatic heterocycles. The van der Waals surface area contributed by atoms with Crippen LogP contribution in [0.25, 0.3) is 127 Å². The fraction of sp³-hybridized carbons (Fsp3) is 0. The Balaban J connectivity index is 0.721. The third-order valence-electron chi connectivity index (χ3n) is 16.1. The molecule has 0 atom stereocenters. The van der Waals surface area contributed by atoms with Crippen molar-refractivity contribution in [2.24, 2.45) is 0 Å². The Morgan fingerprint density at radius 2 is 0.494 bits per heavy atom. The lowest BCUT2D eigenvalue weighted by molar-refractivity contribution is 0.669. The van der Waals surface area contributed by atoms with Crippen LogP contribution in [0.5, 0.6) is 0 Å². The number of furan rings is 1. The summed E-state index contributed by atoms with van der Waals surface area (Å²) in [6.07, 6.45) is 0. The Morgan fingerprint density at radius 1 is 0.210 bits per heavy atom. The first-order valence-electron chi connectivity index (χ1n) is 27.7. The van der Waals surface area contributed by atoms with Gasteiger partial charge in [-0.3, -0.25) is 0 Å². The van der Waals surface area contributed by atoms with Crippen LogP contribution in [0.3, 0.4) is 0 Å². The molecule has 0 saturated heterocycles. The summed E-state index contributed by atoms with van der Waals surface area (Å²) in [5.41, 5.74) is 25.1. The molecule has 0 aliphatic rings. The second kappa shape index (κ2) is 20.2. The molecule has 0 aliphatic heterocycles.